The van der Waals surface area contributed by atoms with E-state index in [0.29, 0.717) is 6.42 Å². The van der Waals surface area contributed by atoms with Crippen LogP contribution in [-0.4, -0.2) is 27.0 Å². The number of furan rings is 1. The van der Waals surface area contributed by atoms with E-state index in [-0.39, 0.29) is 11.8 Å². The Hall–Kier alpha value is -0.810. The molecule has 4 nitrogen and oxygen atoms in total. The highest BCUT2D eigenvalue weighted by molar-refractivity contribution is 7.90. The molecule has 98 valence electrons. The van der Waals surface area contributed by atoms with Crippen LogP contribution >= 0.6 is 0 Å². The third-order valence-corrected chi connectivity index (χ3v) is 3.58. The van der Waals surface area contributed by atoms with Gasteiger partial charge in [0.25, 0.3) is 0 Å². The van der Waals surface area contributed by atoms with Gasteiger partial charge in [0.1, 0.15) is 21.4 Å². The van der Waals surface area contributed by atoms with Crippen LogP contribution < -0.4 is 5.32 Å². The molecule has 1 heterocycles. The van der Waals surface area contributed by atoms with Crippen LogP contribution in [0.1, 0.15) is 37.8 Å². The molecule has 1 atom stereocenters. The zero-order chi connectivity index (χ0) is 12.9. The van der Waals surface area contributed by atoms with Crippen molar-refractivity contribution in [1.29, 1.82) is 0 Å². The van der Waals surface area contributed by atoms with Crippen molar-refractivity contribution in [2.45, 2.75) is 32.7 Å². The van der Waals surface area contributed by atoms with Gasteiger partial charge in [0.15, 0.2) is 0 Å². The average Bonchev–Trinajstić information content (AvgIpc) is 2.71. The molecule has 1 unspecified atom stereocenters. The molecule has 0 bridgehead atoms. The van der Waals surface area contributed by atoms with Gasteiger partial charge in [0, 0.05) is 12.7 Å². The lowest BCUT2D eigenvalue weighted by molar-refractivity contribution is 0.392. The molecule has 0 aliphatic rings. The SMILES string of the molecule is CCNC(CCS(C)(=O)=O)c1ccc(CC)o1. The van der Waals surface area contributed by atoms with Gasteiger partial charge < -0.3 is 9.73 Å². The zero-order valence-electron chi connectivity index (χ0n) is 10.7. The first-order valence-electron chi connectivity index (χ1n) is 5.96. The van der Waals surface area contributed by atoms with E-state index >= 15 is 0 Å². The van der Waals surface area contributed by atoms with E-state index in [1.165, 1.54) is 6.26 Å². The van der Waals surface area contributed by atoms with E-state index in [4.69, 9.17) is 4.42 Å². The van der Waals surface area contributed by atoms with Crippen molar-refractivity contribution in [3.63, 3.8) is 0 Å². The Labute approximate surface area is 103 Å². The molecule has 0 radical (unpaired) electrons. The maximum Gasteiger partial charge on any atom is 0.147 e. The van der Waals surface area contributed by atoms with Gasteiger partial charge in [-0.25, -0.2) is 8.42 Å². The Morgan fingerprint density at radius 3 is 2.53 bits per heavy atom. The first-order valence-corrected chi connectivity index (χ1v) is 8.02. The molecule has 1 aromatic heterocycles. The molecule has 0 aliphatic carbocycles. The molecule has 0 spiro atoms. The standard InChI is InChI=1S/C12H21NO3S/c1-4-10-6-7-12(16-10)11(13-5-2)8-9-17(3,14)15/h6-7,11,13H,4-5,8-9H2,1-3H3. The summed E-state index contributed by atoms with van der Waals surface area (Å²) in [6, 6.07) is 3.85. The minimum Gasteiger partial charge on any atom is -0.464 e. The first kappa shape index (κ1) is 14.3. The fourth-order valence-electron chi connectivity index (χ4n) is 1.70. The zero-order valence-corrected chi connectivity index (χ0v) is 11.5. The molecule has 5 heteroatoms. The van der Waals surface area contributed by atoms with E-state index in [1.807, 2.05) is 26.0 Å². The summed E-state index contributed by atoms with van der Waals surface area (Å²) in [6.07, 6.45) is 2.66. The number of aryl methyl sites for hydroxylation is 1. The largest absolute Gasteiger partial charge is 0.464 e. The molecule has 0 saturated heterocycles. The van der Waals surface area contributed by atoms with E-state index in [1.54, 1.807) is 0 Å². The molecule has 0 aromatic carbocycles. The number of hydrogen-bond donors (Lipinski definition) is 1. The lowest BCUT2D eigenvalue weighted by atomic mass is 10.2. The summed E-state index contributed by atoms with van der Waals surface area (Å²) < 4.78 is 28.0. The average molecular weight is 259 g/mol. The highest BCUT2D eigenvalue weighted by atomic mass is 32.2. The highest BCUT2D eigenvalue weighted by Crippen LogP contribution is 2.20. The van der Waals surface area contributed by atoms with Crippen LogP contribution in [0.4, 0.5) is 0 Å². The van der Waals surface area contributed by atoms with Crippen LogP contribution in [0.3, 0.4) is 0 Å². The number of sulfone groups is 1. The van der Waals surface area contributed by atoms with Crippen LogP contribution in [0.15, 0.2) is 16.5 Å². The number of rotatable bonds is 7. The monoisotopic (exact) mass is 259 g/mol. The second-order valence-corrected chi connectivity index (χ2v) is 6.45. The molecule has 0 aliphatic heterocycles. The number of hydrogen-bond acceptors (Lipinski definition) is 4. The normalized spacial score (nSPS) is 13.8. The van der Waals surface area contributed by atoms with Gasteiger partial charge in [0.05, 0.1) is 11.8 Å². The Kier molecular flexibility index (Phi) is 5.21. The van der Waals surface area contributed by atoms with Gasteiger partial charge in [-0.1, -0.05) is 13.8 Å². The van der Waals surface area contributed by atoms with Crippen molar-refractivity contribution in [1.82, 2.24) is 5.32 Å². The third-order valence-electron chi connectivity index (χ3n) is 2.60. The molecule has 1 N–H and O–H groups in total. The molecule has 0 saturated carbocycles. The Balaban J connectivity index is 2.71. The smallest absolute Gasteiger partial charge is 0.147 e. The molecule has 17 heavy (non-hydrogen) atoms. The van der Waals surface area contributed by atoms with Crippen molar-refractivity contribution < 1.29 is 12.8 Å². The van der Waals surface area contributed by atoms with Crippen molar-refractivity contribution in [2.24, 2.45) is 0 Å². The lowest BCUT2D eigenvalue weighted by Crippen LogP contribution is -2.23. The Morgan fingerprint density at radius 1 is 1.35 bits per heavy atom. The molecule has 1 aromatic rings. The van der Waals surface area contributed by atoms with Crippen molar-refractivity contribution >= 4 is 9.84 Å². The summed E-state index contributed by atoms with van der Waals surface area (Å²) in [4.78, 5) is 0. The predicted molar refractivity (Wildman–Crippen MR) is 68.8 cm³/mol. The van der Waals surface area contributed by atoms with Gasteiger partial charge in [-0.2, -0.15) is 0 Å². The maximum atomic E-state index is 11.2. The van der Waals surface area contributed by atoms with Gasteiger partial charge in [0.2, 0.25) is 0 Å². The highest BCUT2D eigenvalue weighted by Gasteiger charge is 2.16. The molecule has 0 fully saturated rings. The summed E-state index contributed by atoms with van der Waals surface area (Å²) in [5.74, 6) is 1.93. The first-order chi connectivity index (χ1) is 7.96. The Morgan fingerprint density at radius 2 is 2.06 bits per heavy atom. The molecule has 0 amide bonds. The van der Waals surface area contributed by atoms with E-state index in [0.717, 1.165) is 24.5 Å². The minimum atomic E-state index is -2.93. The van der Waals surface area contributed by atoms with E-state index < -0.39 is 9.84 Å². The fourth-order valence-corrected chi connectivity index (χ4v) is 2.36. The van der Waals surface area contributed by atoms with E-state index in [9.17, 15) is 8.42 Å². The molecular weight excluding hydrogens is 238 g/mol. The summed E-state index contributed by atoms with van der Waals surface area (Å²) in [5.41, 5.74) is 0. The lowest BCUT2D eigenvalue weighted by Gasteiger charge is -2.14. The second-order valence-electron chi connectivity index (χ2n) is 4.19. The van der Waals surface area contributed by atoms with Crippen LogP contribution in [0.2, 0.25) is 0 Å². The maximum absolute atomic E-state index is 11.2. The van der Waals surface area contributed by atoms with Gasteiger partial charge in [-0.3, -0.25) is 0 Å². The van der Waals surface area contributed by atoms with Crippen LogP contribution in [0.5, 0.6) is 0 Å². The summed E-state index contributed by atoms with van der Waals surface area (Å²) in [5, 5.41) is 3.25. The Bertz CT molecular complexity index is 436. The topological polar surface area (TPSA) is 59.3 Å². The van der Waals surface area contributed by atoms with Gasteiger partial charge >= 0.3 is 0 Å². The van der Waals surface area contributed by atoms with Crippen LogP contribution in [-0.2, 0) is 16.3 Å². The third kappa shape index (κ3) is 4.91. The van der Waals surface area contributed by atoms with E-state index in [2.05, 4.69) is 5.32 Å². The van der Waals surface area contributed by atoms with Crippen LogP contribution in [0.25, 0.3) is 0 Å². The summed E-state index contributed by atoms with van der Waals surface area (Å²) >= 11 is 0. The van der Waals surface area contributed by atoms with Crippen molar-refractivity contribution in [2.75, 3.05) is 18.6 Å². The van der Waals surface area contributed by atoms with Crippen LogP contribution in [0, 0.1) is 0 Å². The molecule has 1 rings (SSSR count). The predicted octanol–water partition coefficient (Wildman–Crippen LogP) is 1.93. The minimum absolute atomic E-state index is 0.0185. The van der Waals surface area contributed by atoms with Gasteiger partial charge in [-0.15, -0.1) is 0 Å². The van der Waals surface area contributed by atoms with Crippen molar-refractivity contribution in [3.8, 4) is 0 Å². The molecular formula is C12H21NO3S. The fraction of sp³-hybridized carbons (Fsp3) is 0.667. The van der Waals surface area contributed by atoms with Crippen molar-refractivity contribution in [3.05, 3.63) is 23.7 Å². The summed E-state index contributed by atoms with van der Waals surface area (Å²) in [6.45, 7) is 4.81. The number of nitrogens with one attached hydrogen (secondary N) is 1. The van der Waals surface area contributed by atoms with Gasteiger partial charge in [-0.05, 0) is 25.1 Å². The second kappa shape index (κ2) is 6.21. The summed E-state index contributed by atoms with van der Waals surface area (Å²) in [7, 11) is -2.93. The quantitative estimate of drug-likeness (QED) is 0.813.